The molecule has 0 aromatic heterocycles. The molecule has 0 aliphatic rings. The molecule has 0 amide bonds. The third kappa shape index (κ3) is 4.97. The van der Waals surface area contributed by atoms with Gasteiger partial charge in [-0.2, -0.15) is 0 Å². The van der Waals surface area contributed by atoms with Gasteiger partial charge in [-0.1, -0.05) is 36.8 Å². The molecule has 0 aliphatic heterocycles. The summed E-state index contributed by atoms with van der Waals surface area (Å²) in [6, 6.07) is 5.00. The minimum atomic E-state index is -3.07. The van der Waals surface area contributed by atoms with E-state index in [0.717, 1.165) is 0 Å². The highest BCUT2D eigenvalue weighted by molar-refractivity contribution is 7.91. The maximum atomic E-state index is 11.5. The molecule has 1 aromatic carbocycles. The summed E-state index contributed by atoms with van der Waals surface area (Å²) in [7, 11) is -3.07. The zero-order valence-corrected chi connectivity index (χ0v) is 12.9. The van der Waals surface area contributed by atoms with Gasteiger partial charge in [0.15, 0.2) is 9.84 Å². The highest BCUT2D eigenvalue weighted by Gasteiger charge is 2.13. The molecule has 1 aromatic rings. The van der Waals surface area contributed by atoms with Gasteiger partial charge in [0.2, 0.25) is 0 Å². The first-order chi connectivity index (χ1) is 8.87. The lowest BCUT2D eigenvalue weighted by Crippen LogP contribution is -2.18. The lowest BCUT2D eigenvalue weighted by molar-refractivity contribution is 0.340. The fraction of sp³-hybridized carbons (Fsp3) is 0.417. The van der Waals surface area contributed by atoms with Gasteiger partial charge in [0, 0.05) is 0 Å². The predicted molar refractivity (Wildman–Crippen MR) is 81.8 cm³/mol. The quantitative estimate of drug-likeness (QED) is 0.779. The van der Waals surface area contributed by atoms with Crippen LogP contribution in [0.1, 0.15) is 18.9 Å². The van der Waals surface area contributed by atoms with Crippen LogP contribution in [0.3, 0.4) is 0 Å². The minimum absolute atomic E-state index is 0.0376. The Kier molecular flexibility index (Phi) is 6.03. The molecule has 7 heteroatoms. The van der Waals surface area contributed by atoms with E-state index in [-0.39, 0.29) is 23.1 Å². The van der Waals surface area contributed by atoms with Crippen LogP contribution in [0.25, 0.3) is 0 Å². The van der Waals surface area contributed by atoms with E-state index in [9.17, 15) is 8.42 Å². The van der Waals surface area contributed by atoms with Crippen molar-refractivity contribution in [3.05, 3.63) is 28.8 Å². The first-order valence-corrected chi connectivity index (χ1v) is 8.39. The van der Waals surface area contributed by atoms with Crippen LogP contribution in [0.15, 0.2) is 18.2 Å². The number of rotatable bonds is 7. The van der Waals surface area contributed by atoms with Gasteiger partial charge in [0.25, 0.3) is 0 Å². The summed E-state index contributed by atoms with van der Waals surface area (Å²) >= 11 is 10.9. The SMILES string of the molecule is CCCS(=O)(=O)CCOc1cccc(Cl)c1C(N)=S. The smallest absolute Gasteiger partial charge is 0.153 e. The number of ether oxygens (including phenoxy) is 1. The van der Waals surface area contributed by atoms with E-state index in [4.69, 9.17) is 34.3 Å². The maximum Gasteiger partial charge on any atom is 0.153 e. The molecule has 1 rings (SSSR count). The van der Waals surface area contributed by atoms with E-state index in [0.29, 0.717) is 22.8 Å². The van der Waals surface area contributed by atoms with E-state index >= 15 is 0 Å². The van der Waals surface area contributed by atoms with E-state index in [2.05, 4.69) is 0 Å². The average molecular weight is 322 g/mol. The third-order valence-corrected chi connectivity index (χ3v) is 4.73. The highest BCUT2D eigenvalue weighted by atomic mass is 35.5. The van der Waals surface area contributed by atoms with Crippen molar-refractivity contribution in [1.82, 2.24) is 0 Å². The molecule has 0 atom stereocenters. The predicted octanol–water partition coefficient (Wildman–Crippen LogP) is 2.18. The van der Waals surface area contributed by atoms with Crippen LogP contribution >= 0.6 is 23.8 Å². The van der Waals surface area contributed by atoms with Crippen molar-refractivity contribution in [2.24, 2.45) is 5.73 Å². The average Bonchev–Trinajstić information content (AvgIpc) is 2.28. The zero-order valence-electron chi connectivity index (χ0n) is 10.6. The van der Waals surface area contributed by atoms with Crippen molar-refractivity contribution < 1.29 is 13.2 Å². The Morgan fingerprint density at radius 1 is 1.42 bits per heavy atom. The van der Waals surface area contributed by atoms with Gasteiger partial charge in [-0.3, -0.25) is 0 Å². The van der Waals surface area contributed by atoms with Crippen LogP contribution in [0.2, 0.25) is 5.02 Å². The Labute approximate surface area is 123 Å². The van der Waals surface area contributed by atoms with Gasteiger partial charge < -0.3 is 10.5 Å². The zero-order chi connectivity index (χ0) is 14.5. The topological polar surface area (TPSA) is 69.4 Å². The molecule has 0 aliphatic carbocycles. The second-order valence-corrected chi connectivity index (χ2v) is 7.13. The van der Waals surface area contributed by atoms with Gasteiger partial charge in [0.05, 0.1) is 22.1 Å². The van der Waals surface area contributed by atoms with Gasteiger partial charge in [-0.25, -0.2) is 8.42 Å². The summed E-state index contributed by atoms with van der Waals surface area (Å²) in [5, 5.41) is 0.390. The largest absolute Gasteiger partial charge is 0.492 e. The van der Waals surface area contributed by atoms with Crippen LogP contribution in [0.4, 0.5) is 0 Å². The van der Waals surface area contributed by atoms with E-state index in [1.165, 1.54) is 0 Å². The molecule has 0 fully saturated rings. The van der Waals surface area contributed by atoms with Crippen molar-refractivity contribution in [2.75, 3.05) is 18.1 Å². The molecule has 0 saturated heterocycles. The highest BCUT2D eigenvalue weighted by Crippen LogP contribution is 2.26. The van der Waals surface area contributed by atoms with Gasteiger partial charge in [-0.15, -0.1) is 0 Å². The van der Waals surface area contributed by atoms with E-state index < -0.39 is 9.84 Å². The normalized spacial score (nSPS) is 11.3. The van der Waals surface area contributed by atoms with Crippen LogP contribution in [-0.4, -0.2) is 31.5 Å². The number of sulfone groups is 1. The third-order valence-electron chi connectivity index (χ3n) is 2.39. The molecule has 0 saturated carbocycles. The maximum absolute atomic E-state index is 11.5. The molecule has 0 radical (unpaired) electrons. The van der Waals surface area contributed by atoms with Crippen molar-refractivity contribution in [3.63, 3.8) is 0 Å². The molecular formula is C12H16ClNO3S2. The fourth-order valence-electron chi connectivity index (χ4n) is 1.56. The van der Waals surface area contributed by atoms with Crippen LogP contribution in [0, 0.1) is 0 Å². The summed E-state index contributed by atoms with van der Waals surface area (Å²) < 4.78 is 28.5. The molecule has 19 heavy (non-hydrogen) atoms. The summed E-state index contributed by atoms with van der Waals surface area (Å²) in [5.74, 6) is 0.532. The lowest BCUT2D eigenvalue weighted by Gasteiger charge is -2.12. The van der Waals surface area contributed by atoms with E-state index in [1.807, 2.05) is 6.92 Å². The number of thiocarbonyl (C=S) groups is 1. The summed E-state index contributed by atoms with van der Waals surface area (Å²) in [5.41, 5.74) is 6.01. The Morgan fingerprint density at radius 2 is 2.11 bits per heavy atom. The van der Waals surface area contributed by atoms with Gasteiger partial charge >= 0.3 is 0 Å². The number of hydrogen-bond donors (Lipinski definition) is 1. The monoisotopic (exact) mass is 321 g/mol. The first-order valence-electron chi connectivity index (χ1n) is 5.79. The molecular weight excluding hydrogens is 306 g/mol. The first kappa shape index (κ1) is 16.2. The number of nitrogens with two attached hydrogens (primary N) is 1. The molecule has 2 N–H and O–H groups in total. The second-order valence-electron chi connectivity index (χ2n) is 3.98. The van der Waals surface area contributed by atoms with Crippen LogP contribution < -0.4 is 10.5 Å². The van der Waals surface area contributed by atoms with Crippen LogP contribution in [-0.2, 0) is 9.84 Å². The lowest BCUT2D eigenvalue weighted by atomic mass is 10.2. The summed E-state index contributed by atoms with van der Waals surface area (Å²) in [6.07, 6.45) is 0.595. The molecule has 0 bridgehead atoms. The number of hydrogen-bond acceptors (Lipinski definition) is 4. The second kappa shape index (κ2) is 7.07. The Hall–Kier alpha value is -0.850. The number of halogens is 1. The minimum Gasteiger partial charge on any atom is -0.492 e. The van der Waals surface area contributed by atoms with Crippen molar-refractivity contribution in [2.45, 2.75) is 13.3 Å². The fourth-order valence-corrected chi connectivity index (χ4v) is 3.25. The molecule has 0 heterocycles. The van der Waals surface area contributed by atoms with Crippen molar-refractivity contribution in [3.8, 4) is 5.75 Å². The van der Waals surface area contributed by atoms with Gasteiger partial charge in [0.1, 0.15) is 17.3 Å². The molecule has 106 valence electrons. The standard InChI is InChI=1S/C12H16ClNO3S2/c1-2-7-19(15,16)8-6-17-10-5-3-4-9(13)11(10)12(14)18/h3-5H,2,6-8H2,1H3,(H2,14,18). The van der Waals surface area contributed by atoms with E-state index in [1.54, 1.807) is 18.2 Å². The summed E-state index contributed by atoms with van der Waals surface area (Å²) in [4.78, 5) is 0.122. The Morgan fingerprint density at radius 3 is 2.68 bits per heavy atom. The molecule has 4 nitrogen and oxygen atoms in total. The summed E-state index contributed by atoms with van der Waals surface area (Å²) in [6.45, 7) is 1.87. The Bertz CT molecular complexity index is 558. The van der Waals surface area contributed by atoms with Crippen LogP contribution in [0.5, 0.6) is 5.75 Å². The van der Waals surface area contributed by atoms with Crippen molar-refractivity contribution in [1.29, 1.82) is 0 Å². The molecule has 0 spiro atoms. The van der Waals surface area contributed by atoms with Crippen molar-refractivity contribution >= 4 is 38.6 Å². The Balaban J connectivity index is 2.74. The van der Waals surface area contributed by atoms with Gasteiger partial charge in [-0.05, 0) is 18.6 Å². The number of benzene rings is 1. The molecule has 0 unspecified atom stereocenters.